The van der Waals surface area contributed by atoms with Crippen LogP contribution in [-0.4, -0.2) is 17.4 Å². The van der Waals surface area contributed by atoms with Crippen LogP contribution in [0.1, 0.15) is 39.0 Å². The van der Waals surface area contributed by atoms with Crippen molar-refractivity contribution in [2.45, 2.75) is 25.8 Å². The molecule has 1 aliphatic rings. The van der Waals surface area contributed by atoms with Crippen LogP contribution < -0.4 is 10.6 Å². The number of amides is 1. The number of aromatic nitrogens is 1. The highest BCUT2D eigenvalue weighted by Crippen LogP contribution is 2.29. The molecule has 20 heavy (non-hydrogen) atoms. The van der Waals surface area contributed by atoms with Gasteiger partial charge in [-0.25, -0.2) is 4.98 Å². The van der Waals surface area contributed by atoms with E-state index in [1.807, 2.05) is 31.2 Å². The number of carbonyl (C=O) groups excluding carboxylic acids is 1. The van der Waals surface area contributed by atoms with E-state index < -0.39 is 0 Å². The van der Waals surface area contributed by atoms with Crippen molar-refractivity contribution in [3.63, 3.8) is 0 Å². The molecular formula is C15H17N3OS. The Hall–Kier alpha value is -1.72. The van der Waals surface area contributed by atoms with Crippen molar-refractivity contribution in [1.82, 2.24) is 10.3 Å². The summed E-state index contributed by atoms with van der Waals surface area (Å²) in [4.78, 5) is 18.4. The molecule has 2 aromatic rings. The topological polar surface area (TPSA) is 54.0 Å². The fourth-order valence-electron chi connectivity index (χ4n) is 2.38. The molecule has 4 nitrogen and oxygen atoms in total. The molecule has 3 heterocycles. The van der Waals surface area contributed by atoms with E-state index in [4.69, 9.17) is 0 Å². The minimum atomic E-state index is -0.0824. The predicted molar refractivity (Wildman–Crippen MR) is 81.2 cm³/mol. The molecule has 2 aromatic heterocycles. The van der Waals surface area contributed by atoms with E-state index in [2.05, 4.69) is 15.6 Å². The van der Waals surface area contributed by atoms with Gasteiger partial charge in [-0.3, -0.25) is 4.79 Å². The average Bonchev–Trinajstić information content (AvgIpc) is 3.11. The highest BCUT2D eigenvalue weighted by Gasteiger charge is 2.19. The number of hydrogen-bond acceptors (Lipinski definition) is 4. The Morgan fingerprint density at radius 1 is 1.45 bits per heavy atom. The van der Waals surface area contributed by atoms with E-state index in [0.29, 0.717) is 11.9 Å². The minimum Gasteiger partial charge on any atom is -0.309 e. The maximum Gasteiger partial charge on any atom is 0.266 e. The maximum absolute atomic E-state index is 12.2. The van der Waals surface area contributed by atoms with Gasteiger partial charge in [0.15, 0.2) is 0 Å². The van der Waals surface area contributed by atoms with Gasteiger partial charge in [0.25, 0.3) is 5.91 Å². The van der Waals surface area contributed by atoms with Crippen molar-refractivity contribution in [3.05, 3.63) is 45.8 Å². The second-order valence-electron chi connectivity index (χ2n) is 4.97. The molecule has 3 rings (SSSR count). The van der Waals surface area contributed by atoms with Gasteiger partial charge in [-0.1, -0.05) is 6.07 Å². The van der Waals surface area contributed by atoms with Gasteiger partial charge in [-0.2, -0.15) is 0 Å². The Morgan fingerprint density at radius 3 is 3.10 bits per heavy atom. The Bertz CT molecular complexity index is 617. The number of hydrogen-bond donors (Lipinski definition) is 2. The Kier molecular flexibility index (Phi) is 3.80. The van der Waals surface area contributed by atoms with Crippen LogP contribution in [-0.2, 0) is 0 Å². The zero-order valence-corrected chi connectivity index (χ0v) is 12.2. The summed E-state index contributed by atoms with van der Waals surface area (Å²) in [7, 11) is 0. The van der Waals surface area contributed by atoms with Crippen LogP contribution in [0.25, 0.3) is 0 Å². The Morgan fingerprint density at radius 2 is 2.35 bits per heavy atom. The van der Waals surface area contributed by atoms with Crippen molar-refractivity contribution < 1.29 is 4.79 Å². The third kappa shape index (κ3) is 2.73. The summed E-state index contributed by atoms with van der Waals surface area (Å²) in [5, 5.41) is 6.32. The Balaban J connectivity index is 1.73. The molecule has 1 amide bonds. The third-order valence-corrected chi connectivity index (χ3v) is 4.69. The SMILES string of the molecule is Cc1cccnc1NC(=O)c1ccc(C2CCCN2)s1. The van der Waals surface area contributed by atoms with Gasteiger partial charge in [0.05, 0.1) is 4.88 Å². The summed E-state index contributed by atoms with van der Waals surface area (Å²) in [6.45, 7) is 3.00. The molecule has 0 saturated carbocycles. The average molecular weight is 287 g/mol. The zero-order chi connectivity index (χ0) is 13.9. The lowest BCUT2D eigenvalue weighted by Crippen LogP contribution is -2.12. The van der Waals surface area contributed by atoms with Gasteiger partial charge < -0.3 is 10.6 Å². The summed E-state index contributed by atoms with van der Waals surface area (Å²) >= 11 is 1.56. The van der Waals surface area contributed by atoms with E-state index in [-0.39, 0.29) is 5.91 Å². The van der Waals surface area contributed by atoms with Crippen LogP contribution in [0.15, 0.2) is 30.5 Å². The highest BCUT2D eigenvalue weighted by molar-refractivity contribution is 7.14. The lowest BCUT2D eigenvalue weighted by atomic mass is 10.2. The molecule has 0 aromatic carbocycles. The molecule has 0 aliphatic carbocycles. The quantitative estimate of drug-likeness (QED) is 0.912. The number of nitrogens with one attached hydrogen (secondary N) is 2. The molecule has 1 atom stereocenters. The molecule has 104 valence electrons. The molecule has 1 fully saturated rings. The predicted octanol–water partition coefficient (Wildman–Crippen LogP) is 3.13. The van der Waals surface area contributed by atoms with Crippen LogP contribution in [0.2, 0.25) is 0 Å². The molecule has 0 spiro atoms. The number of anilines is 1. The molecular weight excluding hydrogens is 270 g/mol. The second-order valence-corrected chi connectivity index (χ2v) is 6.09. The van der Waals surface area contributed by atoms with Crippen molar-refractivity contribution in [3.8, 4) is 0 Å². The van der Waals surface area contributed by atoms with Crippen LogP contribution >= 0.6 is 11.3 Å². The van der Waals surface area contributed by atoms with E-state index in [0.717, 1.165) is 23.4 Å². The maximum atomic E-state index is 12.2. The molecule has 5 heteroatoms. The molecule has 2 N–H and O–H groups in total. The number of aryl methyl sites for hydroxylation is 1. The van der Waals surface area contributed by atoms with Crippen LogP contribution in [0.4, 0.5) is 5.82 Å². The monoisotopic (exact) mass is 287 g/mol. The van der Waals surface area contributed by atoms with Gasteiger partial charge in [-0.05, 0) is 50.1 Å². The van der Waals surface area contributed by atoms with Crippen molar-refractivity contribution >= 4 is 23.1 Å². The number of thiophene rings is 1. The zero-order valence-electron chi connectivity index (χ0n) is 11.3. The lowest BCUT2D eigenvalue weighted by Gasteiger charge is -2.07. The number of carbonyl (C=O) groups is 1. The second kappa shape index (κ2) is 5.73. The first-order chi connectivity index (χ1) is 9.74. The first-order valence-electron chi connectivity index (χ1n) is 6.80. The summed E-state index contributed by atoms with van der Waals surface area (Å²) in [6, 6.07) is 8.16. The largest absolute Gasteiger partial charge is 0.309 e. The summed E-state index contributed by atoms with van der Waals surface area (Å²) in [5.41, 5.74) is 0.968. The van der Waals surface area contributed by atoms with Gasteiger partial charge in [-0.15, -0.1) is 11.3 Å². The van der Waals surface area contributed by atoms with E-state index >= 15 is 0 Å². The molecule has 1 aliphatic heterocycles. The van der Waals surface area contributed by atoms with E-state index in [9.17, 15) is 4.79 Å². The van der Waals surface area contributed by atoms with Gasteiger partial charge in [0.1, 0.15) is 5.82 Å². The lowest BCUT2D eigenvalue weighted by molar-refractivity contribution is 0.103. The first kappa shape index (κ1) is 13.3. The number of nitrogens with zero attached hydrogens (tertiary/aromatic N) is 1. The van der Waals surface area contributed by atoms with E-state index in [1.165, 1.54) is 11.3 Å². The standard InChI is InChI=1S/C15H17N3OS/c1-10-4-2-9-17-14(10)18-15(19)13-7-6-12(20-13)11-5-3-8-16-11/h2,4,6-7,9,11,16H,3,5,8H2,1H3,(H,17,18,19). The third-order valence-electron chi connectivity index (χ3n) is 3.50. The fraction of sp³-hybridized carbons (Fsp3) is 0.333. The number of rotatable bonds is 3. The molecule has 1 saturated heterocycles. The molecule has 0 radical (unpaired) electrons. The van der Waals surface area contributed by atoms with Crippen molar-refractivity contribution in [2.24, 2.45) is 0 Å². The van der Waals surface area contributed by atoms with Crippen LogP contribution in [0.3, 0.4) is 0 Å². The molecule has 1 unspecified atom stereocenters. The fourth-order valence-corrected chi connectivity index (χ4v) is 3.39. The summed E-state index contributed by atoms with van der Waals surface area (Å²) < 4.78 is 0. The van der Waals surface area contributed by atoms with Gasteiger partial charge in [0.2, 0.25) is 0 Å². The first-order valence-corrected chi connectivity index (χ1v) is 7.62. The van der Waals surface area contributed by atoms with Crippen molar-refractivity contribution in [2.75, 3.05) is 11.9 Å². The summed E-state index contributed by atoms with van der Waals surface area (Å²) in [6.07, 6.45) is 4.04. The smallest absolute Gasteiger partial charge is 0.266 e. The molecule has 0 bridgehead atoms. The van der Waals surface area contributed by atoms with Crippen molar-refractivity contribution in [1.29, 1.82) is 0 Å². The van der Waals surface area contributed by atoms with Gasteiger partial charge in [0, 0.05) is 17.1 Å². The van der Waals surface area contributed by atoms with Gasteiger partial charge >= 0.3 is 0 Å². The van der Waals surface area contributed by atoms with E-state index in [1.54, 1.807) is 17.5 Å². The number of pyridine rings is 1. The van der Waals surface area contributed by atoms with Crippen LogP contribution in [0, 0.1) is 6.92 Å². The normalized spacial score (nSPS) is 18.1. The highest BCUT2D eigenvalue weighted by atomic mass is 32.1. The minimum absolute atomic E-state index is 0.0824. The summed E-state index contributed by atoms with van der Waals surface area (Å²) in [5.74, 6) is 0.549. The van der Waals surface area contributed by atoms with Crippen LogP contribution in [0.5, 0.6) is 0 Å². The Labute approximate surface area is 122 Å².